The van der Waals surface area contributed by atoms with Crippen molar-refractivity contribution in [1.82, 2.24) is 15.5 Å². The second-order valence-electron chi connectivity index (χ2n) is 4.06. The quantitative estimate of drug-likeness (QED) is 0.855. The molecule has 6 nitrogen and oxygen atoms in total. The van der Waals surface area contributed by atoms with Crippen molar-refractivity contribution in [1.29, 1.82) is 0 Å². The number of nitrogens with two attached hydrogens (primary N) is 1. The van der Waals surface area contributed by atoms with Gasteiger partial charge in [0.1, 0.15) is 0 Å². The summed E-state index contributed by atoms with van der Waals surface area (Å²) in [6.07, 6.45) is 3.11. The van der Waals surface area contributed by atoms with Crippen LogP contribution in [0.1, 0.15) is 10.5 Å². The molecule has 1 amide bonds. The summed E-state index contributed by atoms with van der Waals surface area (Å²) >= 11 is 0. The highest BCUT2D eigenvalue weighted by atomic mass is 19.3. The zero-order valence-corrected chi connectivity index (χ0v) is 10.3. The number of alkyl halides is 2. The summed E-state index contributed by atoms with van der Waals surface area (Å²) in [6.45, 7) is -1.69. The van der Waals surface area contributed by atoms with Crippen LogP contribution in [0.5, 0.6) is 0 Å². The molecule has 0 saturated carbocycles. The number of carbonyl (C=O) groups excluding carboxylic acids is 1. The fraction of sp³-hybridized carbons (Fsp3) is 0.250. The van der Waals surface area contributed by atoms with Crippen molar-refractivity contribution < 1.29 is 18.1 Å². The van der Waals surface area contributed by atoms with E-state index in [-0.39, 0.29) is 5.69 Å². The highest BCUT2D eigenvalue weighted by Crippen LogP contribution is 2.19. The number of aromatic nitrogens is 2. The molecule has 0 aliphatic heterocycles. The van der Waals surface area contributed by atoms with Crippen LogP contribution in [0.4, 0.5) is 8.78 Å². The molecule has 0 radical (unpaired) electrons. The van der Waals surface area contributed by atoms with Gasteiger partial charge < -0.3 is 15.6 Å². The molecule has 0 fully saturated rings. The Balaban J connectivity index is 2.04. The van der Waals surface area contributed by atoms with Gasteiger partial charge in [-0.25, -0.2) is 8.78 Å². The predicted molar refractivity (Wildman–Crippen MR) is 66.1 cm³/mol. The lowest BCUT2D eigenvalue weighted by atomic mass is 10.2. The average molecular weight is 282 g/mol. The summed E-state index contributed by atoms with van der Waals surface area (Å²) < 4.78 is 30.8. The molecule has 2 rings (SSSR count). The summed E-state index contributed by atoms with van der Waals surface area (Å²) in [7, 11) is 0. The van der Waals surface area contributed by atoms with Crippen LogP contribution in [0.3, 0.4) is 0 Å². The summed E-state index contributed by atoms with van der Waals surface area (Å²) in [5, 5.41) is 5.59. The highest BCUT2D eigenvalue weighted by Gasteiger charge is 2.28. The third-order valence-electron chi connectivity index (χ3n) is 2.51. The zero-order valence-electron chi connectivity index (χ0n) is 10.3. The lowest BCUT2D eigenvalue weighted by Crippen LogP contribution is -2.41. The van der Waals surface area contributed by atoms with Crippen molar-refractivity contribution in [3.63, 3.8) is 0 Å². The van der Waals surface area contributed by atoms with Crippen molar-refractivity contribution >= 4 is 5.91 Å². The Kier molecular flexibility index (Phi) is 4.04. The summed E-state index contributed by atoms with van der Waals surface area (Å²) in [5.74, 6) is -3.54. The Labute approximate surface area is 113 Å². The lowest BCUT2D eigenvalue weighted by molar-refractivity contribution is 0.0117. The monoisotopic (exact) mass is 282 g/mol. The van der Waals surface area contributed by atoms with Crippen LogP contribution in [-0.2, 0) is 0 Å². The number of rotatable bonds is 5. The Bertz CT molecular complexity index is 586. The second-order valence-corrected chi connectivity index (χ2v) is 4.06. The van der Waals surface area contributed by atoms with E-state index in [1.54, 1.807) is 24.5 Å². The van der Waals surface area contributed by atoms with E-state index < -0.39 is 24.9 Å². The van der Waals surface area contributed by atoms with E-state index >= 15 is 0 Å². The molecule has 3 N–H and O–H groups in total. The van der Waals surface area contributed by atoms with E-state index in [4.69, 9.17) is 10.3 Å². The summed E-state index contributed by atoms with van der Waals surface area (Å²) in [4.78, 5) is 15.5. The first-order chi connectivity index (χ1) is 9.52. The predicted octanol–water partition coefficient (Wildman–Crippen LogP) is 1.06. The third kappa shape index (κ3) is 3.35. The minimum atomic E-state index is -3.15. The molecule has 0 saturated heterocycles. The van der Waals surface area contributed by atoms with Crippen molar-refractivity contribution in [3.8, 4) is 11.3 Å². The molecule has 0 atom stereocenters. The highest BCUT2D eigenvalue weighted by molar-refractivity contribution is 5.93. The molecule has 0 aliphatic carbocycles. The number of nitrogens with zero attached hydrogens (tertiary/aromatic N) is 2. The first kappa shape index (κ1) is 14.1. The van der Waals surface area contributed by atoms with Crippen LogP contribution in [0.15, 0.2) is 35.1 Å². The third-order valence-corrected chi connectivity index (χ3v) is 2.51. The zero-order chi connectivity index (χ0) is 14.6. The Morgan fingerprint density at radius 1 is 1.40 bits per heavy atom. The Morgan fingerprint density at radius 2 is 2.10 bits per heavy atom. The van der Waals surface area contributed by atoms with Gasteiger partial charge in [0.2, 0.25) is 0 Å². The van der Waals surface area contributed by atoms with E-state index in [2.05, 4.69) is 15.5 Å². The number of carbonyl (C=O) groups is 1. The van der Waals surface area contributed by atoms with Crippen LogP contribution in [-0.4, -0.2) is 35.1 Å². The molecule has 0 spiro atoms. The number of pyridine rings is 1. The molecule has 0 unspecified atom stereocenters. The number of nitrogens with one attached hydrogen (secondary N) is 1. The van der Waals surface area contributed by atoms with Gasteiger partial charge in [0, 0.05) is 24.0 Å². The Morgan fingerprint density at radius 3 is 2.75 bits per heavy atom. The van der Waals surface area contributed by atoms with Gasteiger partial charge in [0.25, 0.3) is 11.8 Å². The first-order valence-corrected chi connectivity index (χ1v) is 5.75. The minimum Gasteiger partial charge on any atom is -0.355 e. The molecule has 0 bridgehead atoms. The number of hydrogen-bond donors (Lipinski definition) is 2. The van der Waals surface area contributed by atoms with Gasteiger partial charge in [0.05, 0.1) is 13.1 Å². The van der Waals surface area contributed by atoms with Crippen molar-refractivity contribution in [2.45, 2.75) is 5.92 Å². The number of amides is 1. The topological polar surface area (TPSA) is 94.0 Å². The van der Waals surface area contributed by atoms with E-state index in [9.17, 15) is 13.6 Å². The number of halogens is 2. The number of hydrogen-bond acceptors (Lipinski definition) is 5. The van der Waals surface area contributed by atoms with Crippen molar-refractivity contribution in [2.75, 3.05) is 13.1 Å². The van der Waals surface area contributed by atoms with Gasteiger partial charge in [-0.05, 0) is 12.1 Å². The molecular weight excluding hydrogens is 270 g/mol. The molecule has 2 aromatic rings. The fourth-order valence-electron chi connectivity index (χ4n) is 1.41. The normalized spacial score (nSPS) is 11.3. The molecule has 8 heteroatoms. The van der Waals surface area contributed by atoms with Gasteiger partial charge >= 0.3 is 0 Å². The standard InChI is InChI=1S/C12H12F2N4O2/c13-12(14,6-15)7-17-11(19)9-5-10(20-18-9)8-1-3-16-4-2-8/h1-5H,6-7,15H2,(H,17,19). The lowest BCUT2D eigenvalue weighted by Gasteiger charge is -2.13. The van der Waals surface area contributed by atoms with Gasteiger partial charge in [-0.3, -0.25) is 9.78 Å². The van der Waals surface area contributed by atoms with Crippen molar-refractivity contribution in [3.05, 3.63) is 36.3 Å². The maximum atomic E-state index is 12.9. The van der Waals surface area contributed by atoms with E-state index in [1.807, 2.05) is 0 Å². The molecule has 2 heterocycles. The minimum absolute atomic E-state index is 0.0790. The van der Waals surface area contributed by atoms with Gasteiger partial charge in [-0.1, -0.05) is 5.16 Å². The average Bonchev–Trinajstić information content (AvgIpc) is 2.96. The van der Waals surface area contributed by atoms with Crippen LogP contribution in [0.25, 0.3) is 11.3 Å². The van der Waals surface area contributed by atoms with Gasteiger partial charge in [-0.2, -0.15) is 0 Å². The van der Waals surface area contributed by atoms with E-state index in [0.29, 0.717) is 11.3 Å². The molecular formula is C12H12F2N4O2. The maximum Gasteiger partial charge on any atom is 0.277 e. The van der Waals surface area contributed by atoms with Gasteiger partial charge in [0.15, 0.2) is 11.5 Å². The SMILES string of the molecule is NCC(F)(F)CNC(=O)c1cc(-c2ccncc2)on1. The van der Waals surface area contributed by atoms with Crippen LogP contribution < -0.4 is 11.1 Å². The van der Waals surface area contributed by atoms with Gasteiger partial charge in [-0.15, -0.1) is 0 Å². The summed E-state index contributed by atoms with van der Waals surface area (Å²) in [6, 6.07) is 4.71. The smallest absolute Gasteiger partial charge is 0.277 e. The molecule has 0 aromatic carbocycles. The Hall–Kier alpha value is -2.35. The summed E-state index contributed by atoms with van der Waals surface area (Å²) in [5.41, 5.74) is 5.47. The second kappa shape index (κ2) is 5.74. The fourth-order valence-corrected chi connectivity index (χ4v) is 1.41. The van der Waals surface area contributed by atoms with Crippen LogP contribution >= 0.6 is 0 Å². The molecule has 0 aliphatic rings. The van der Waals surface area contributed by atoms with E-state index in [1.165, 1.54) is 6.07 Å². The van der Waals surface area contributed by atoms with Crippen LogP contribution in [0, 0.1) is 0 Å². The molecule has 20 heavy (non-hydrogen) atoms. The van der Waals surface area contributed by atoms with Crippen LogP contribution in [0.2, 0.25) is 0 Å². The molecule has 106 valence electrons. The van der Waals surface area contributed by atoms with E-state index in [0.717, 1.165) is 0 Å². The van der Waals surface area contributed by atoms with Crippen molar-refractivity contribution in [2.24, 2.45) is 5.73 Å². The maximum absolute atomic E-state index is 12.9. The largest absolute Gasteiger partial charge is 0.355 e. The molecule has 2 aromatic heterocycles. The first-order valence-electron chi connectivity index (χ1n) is 5.75.